The molecule has 0 amide bonds. The molecule has 3 aromatic carbocycles. The molecule has 1 N–H and O–H groups in total. The molecule has 0 aliphatic rings. The molecule has 13 heteroatoms. The lowest BCUT2D eigenvalue weighted by Crippen LogP contribution is -2.16. The lowest BCUT2D eigenvalue weighted by Gasteiger charge is -2.15. The summed E-state index contributed by atoms with van der Waals surface area (Å²) in [6, 6.07) is 21.4. The van der Waals surface area contributed by atoms with E-state index in [1.807, 2.05) is 12.1 Å². The molecular formula is C28H19F3N4O5S. The standard InChI is InChI=1S/C28H19F3N4O5S/c29-28(30,31)27-23(21(36)11-12-32-27)26-24(33-34-41-26)19-13-20(35(37)38)25(40-16-18-9-5-2-6-10-18)22(14-19)39-15-17-7-3-1-4-8-17/h1-14H,15-16H2,(H,32,36). The molecule has 0 unspecified atom stereocenters. The van der Waals surface area contributed by atoms with Gasteiger partial charge in [0, 0.05) is 23.9 Å². The second kappa shape index (κ2) is 11.6. The van der Waals surface area contributed by atoms with E-state index in [1.165, 1.54) is 6.07 Å². The molecule has 0 saturated carbocycles. The van der Waals surface area contributed by atoms with E-state index in [9.17, 15) is 28.1 Å². The molecule has 0 aliphatic carbocycles. The van der Waals surface area contributed by atoms with Crippen molar-refractivity contribution in [2.75, 3.05) is 0 Å². The Hall–Kier alpha value is -5.04. The van der Waals surface area contributed by atoms with Gasteiger partial charge in [0.15, 0.2) is 11.2 Å². The first-order chi connectivity index (χ1) is 19.7. The van der Waals surface area contributed by atoms with Crippen molar-refractivity contribution in [3.05, 3.63) is 122 Å². The molecule has 2 heterocycles. The highest BCUT2D eigenvalue weighted by Crippen LogP contribution is 2.45. The van der Waals surface area contributed by atoms with E-state index < -0.39 is 33.5 Å². The molecule has 9 nitrogen and oxygen atoms in total. The van der Waals surface area contributed by atoms with Crippen molar-refractivity contribution in [1.29, 1.82) is 0 Å². The first kappa shape index (κ1) is 27.5. The summed E-state index contributed by atoms with van der Waals surface area (Å²) in [6.07, 6.45) is -4.00. The number of aromatic nitrogens is 3. The van der Waals surface area contributed by atoms with E-state index >= 15 is 0 Å². The highest BCUT2D eigenvalue weighted by atomic mass is 32.1. The number of aromatic amines is 1. The minimum atomic E-state index is -4.89. The number of nitrogens with zero attached hydrogens (tertiary/aromatic N) is 3. The van der Waals surface area contributed by atoms with E-state index in [-0.39, 0.29) is 40.8 Å². The van der Waals surface area contributed by atoms with Gasteiger partial charge in [-0.15, -0.1) is 5.10 Å². The van der Waals surface area contributed by atoms with Crippen molar-refractivity contribution in [2.45, 2.75) is 19.4 Å². The number of benzene rings is 3. The van der Waals surface area contributed by atoms with Gasteiger partial charge in [0.05, 0.1) is 15.4 Å². The van der Waals surface area contributed by atoms with Crippen LogP contribution in [0.5, 0.6) is 11.5 Å². The van der Waals surface area contributed by atoms with Crippen LogP contribution in [0.25, 0.3) is 21.7 Å². The fourth-order valence-corrected chi connectivity index (χ4v) is 4.79. The van der Waals surface area contributed by atoms with E-state index in [0.717, 1.165) is 29.5 Å². The number of nitro benzene ring substituents is 1. The summed E-state index contributed by atoms with van der Waals surface area (Å²) in [7, 11) is 0. The average Bonchev–Trinajstić information content (AvgIpc) is 3.45. The largest absolute Gasteiger partial charge is 0.485 e. The van der Waals surface area contributed by atoms with Crippen molar-refractivity contribution in [2.24, 2.45) is 0 Å². The van der Waals surface area contributed by atoms with Crippen molar-refractivity contribution in [3.63, 3.8) is 0 Å². The lowest BCUT2D eigenvalue weighted by molar-refractivity contribution is -0.386. The van der Waals surface area contributed by atoms with Gasteiger partial charge in [-0.2, -0.15) is 13.2 Å². The summed E-state index contributed by atoms with van der Waals surface area (Å²) in [5.74, 6) is -0.206. The Morgan fingerprint density at radius 2 is 1.56 bits per heavy atom. The van der Waals surface area contributed by atoms with Crippen LogP contribution in [0.4, 0.5) is 18.9 Å². The van der Waals surface area contributed by atoms with Crippen molar-refractivity contribution < 1.29 is 27.6 Å². The smallest absolute Gasteiger partial charge is 0.432 e. The number of hydrogen-bond donors (Lipinski definition) is 1. The third-order valence-electron chi connectivity index (χ3n) is 5.93. The summed E-state index contributed by atoms with van der Waals surface area (Å²) in [5.41, 5.74) is -2.02. The van der Waals surface area contributed by atoms with Gasteiger partial charge in [-0.25, -0.2) is 0 Å². The summed E-state index contributed by atoms with van der Waals surface area (Å²) in [4.78, 5) is 26.0. The minimum Gasteiger partial charge on any atom is -0.485 e. The van der Waals surface area contributed by atoms with Crippen LogP contribution in [-0.4, -0.2) is 19.5 Å². The number of pyridine rings is 1. The predicted molar refractivity (Wildman–Crippen MR) is 145 cm³/mol. The van der Waals surface area contributed by atoms with Gasteiger partial charge in [0.1, 0.15) is 24.6 Å². The SMILES string of the molecule is O=c1cc[nH]c(C(F)(F)F)c1-c1snnc1-c1cc(OCc2ccccc2)c(OCc2ccccc2)c([N+](=O)[O-])c1. The van der Waals surface area contributed by atoms with Gasteiger partial charge in [0.25, 0.3) is 0 Å². The number of rotatable bonds is 9. The normalized spacial score (nSPS) is 11.3. The Bertz CT molecular complexity index is 1740. The fourth-order valence-electron chi connectivity index (χ4n) is 4.05. The summed E-state index contributed by atoms with van der Waals surface area (Å²) < 4.78 is 57.0. The lowest BCUT2D eigenvalue weighted by atomic mass is 10.0. The Balaban J connectivity index is 1.64. The molecule has 0 saturated heterocycles. The average molecular weight is 581 g/mol. The van der Waals surface area contributed by atoms with Crippen LogP contribution in [0.2, 0.25) is 0 Å². The zero-order valence-corrected chi connectivity index (χ0v) is 21.7. The van der Waals surface area contributed by atoms with E-state index in [4.69, 9.17) is 9.47 Å². The fraction of sp³-hybridized carbons (Fsp3) is 0.107. The molecule has 0 aliphatic heterocycles. The highest BCUT2D eigenvalue weighted by Gasteiger charge is 2.37. The second-order valence-electron chi connectivity index (χ2n) is 8.67. The Labute approximate surface area is 234 Å². The zero-order valence-electron chi connectivity index (χ0n) is 20.9. The van der Waals surface area contributed by atoms with Gasteiger partial charge >= 0.3 is 11.9 Å². The Morgan fingerprint density at radius 1 is 0.927 bits per heavy atom. The van der Waals surface area contributed by atoms with Crippen molar-refractivity contribution in [1.82, 2.24) is 14.6 Å². The molecule has 2 aromatic heterocycles. The molecule has 0 atom stereocenters. The monoisotopic (exact) mass is 580 g/mol. The minimum absolute atomic E-state index is 0.0133. The molecule has 5 aromatic rings. The van der Waals surface area contributed by atoms with Gasteiger partial charge in [0.2, 0.25) is 5.75 Å². The molecule has 208 valence electrons. The van der Waals surface area contributed by atoms with Crippen LogP contribution >= 0.6 is 11.5 Å². The number of nitrogens with one attached hydrogen (secondary N) is 1. The zero-order chi connectivity index (χ0) is 29.0. The topological polar surface area (TPSA) is 120 Å². The molecule has 41 heavy (non-hydrogen) atoms. The van der Waals surface area contributed by atoms with E-state index in [1.54, 1.807) is 48.5 Å². The van der Waals surface area contributed by atoms with Crippen molar-refractivity contribution in [3.8, 4) is 33.2 Å². The Kier molecular flexibility index (Phi) is 7.79. The maximum atomic E-state index is 13.8. The first-order valence-corrected chi connectivity index (χ1v) is 12.8. The van der Waals surface area contributed by atoms with Gasteiger partial charge < -0.3 is 14.5 Å². The molecule has 0 fully saturated rings. The third kappa shape index (κ3) is 6.09. The van der Waals surface area contributed by atoms with Crippen LogP contribution in [0.3, 0.4) is 0 Å². The van der Waals surface area contributed by atoms with Crippen LogP contribution < -0.4 is 14.9 Å². The van der Waals surface area contributed by atoms with Gasteiger partial charge in [-0.3, -0.25) is 14.9 Å². The quantitative estimate of drug-likeness (QED) is 0.153. The predicted octanol–water partition coefficient (Wildman–Crippen LogP) is 6.65. The van der Waals surface area contributed by atoms with Gasteiger partial charge in [-0.1, -0.05) is 65.2 Å². The highest BCUT2D eigenvalue weighted by molar-refractivity contribution is 7.09. The summed E-state index contributed by atoms with van der Waals surface area (Å²) >= 11 is 0.561. The molecular weight excluding hydrogens is 561 g/mol. The molecule has 0 bridgehead atoms. The number of alkyl halides is 3. The maximum absolute atomic E-state index is 13.8. The van der Waals surface area contributed by atoms with Crippen molar-refractivity contribution >= 4 is 17.2 Å². The first-order valence-electron chi connectivity index (χ1n) is 12.0. The maximum Gasteiger partial charge on any atom is 0.432 e. The molecule has 5 rings (SSSR count). The van der Waals surface area contributed by atoms with Crippen LogP contribution in [-0.2, 0) is 19.4 Å². The van der Waals surface area contributed by atoms with E-state index in [0.29, 0.717) is 11.5 Å². The van der Waals surface area contributed by atoms with Crippen LogP contribution in [0, 0.1) is 10.1 Å². The van der Waals surface area contributed by atoms with E-state index in [2.05, 4.69) is 14.6 Å². The third-order valence-corrected chi connectivity index (χ3v) is 6.67. The van der Waals surface area contributed by atoms with Crippen LogP contribution in [0.1, 0.15) is 16.8 Å². The van der Waals surface area contributed by atoms with Gasteiger partial charge in [-0.05, 0) is 28.7 Å². The summed E-state index contributed by atoms with van der Waals surface area (Å²) in [6.45, 7) is 0.00244. The Morgan fingerprint density at radius 3 is 2.17 bits per heavy atom. The number of nitro groups is 1. The molecule has 0 radical (unpaired) electrons. The number of H-pyrrole nitrogens is 1. The van der Waals surface area contributed by atoms with Crippen LogP contribution in [0.15, 0.2) is 89.9 Å². The number of ether oxygens (including phenoxy) is 2. The summed E-state index contributed by atoms with van der Waals surface area (Å²) in [5, 5.41) is 16.1. The molecule has 0 spiro atoms. The number of halogens is 3. The number of hydrogen-bond acceptors (Lipinski definition) is 8. The second-order valence-corrected chi connectivity index (χ2v) is 9.42.